The number of nitrogens with zero attached hydrogens (tertiary/aromatic N) is 4. The SMILES string of the molecule is CC.CC.CC.CC.CC.CC.CC.CC.CC1=CC2C=CC=CC2C=C1.Cc1cccc2ccccc12.Cc1ccccc1.Cc1nc2ccccc2n1C.Cc1nc2ccccc2o1.Cc1nc2ccccc2s1. The number of rotatable bonds is 0. The molecule has 3 heterocycles. The largest absolute Gasteiger partial charge is 0.441 e. The van der Waals surface area contributed by atoms with Gasteiger partial charge in [0, 0.05) is 25.8 Å². The zero-order chi connectivity index (χ0) is 58.3. The van der Waals surface area contributed by atoms with Gasteiger partial charge in [-0.1, -0.05) is 274 Å². The summed E-state index contributed by atoms with van der Waals surface area (Å²) in [6.45, 7) is 44.3. The zero-order valence-corrected chi connectivity index (χ0v) is 52.5. The minimum atomic E-state index is 0.615. The van der Waals surface area contributed by atoms with Crippen molar-refractivity contribution in [1.82, 2.24) is 19.5 Å². The molecule has 2 aliphatic rings. The summed E-state index contributed by atoms with van der Waals surface area (Å²) >= 11 is 1.74. The fourth-order valence-corrected chi connectivity index (χ4v) is 7.61. The number of hydrogen-bond donors (Lipinski definition) is 0. The highest BCUT2D eigenvalue weighted by molar-refractivity contribution is 7.18. The fraction of sp³-hybridized carbons (Fsp3) is 0.357. The Labute approximate surface area is 468 Å². The number of aromatic nitrogens is 4. The second kappa shape index (κ2) is 48.0. The summed E-state index contributed by atoms with van der Waals surface area (Å²) in [7, 11) is 2.03. The van der Waals surface area contributed by atoms with Crippen LogP contribution in [-0.4, -0.2) is 19.5 Å². The summed E-state index contributed by atoms with van der Waals surface area (Å²) in [6.07, 6.45) is 15.6. The van der Waals surface area contributed by atoms with E-state index in [1.807, 2.05) is 217 Å². The van der Waals surface area contributed by atoms with E-state index in [4.69, 9.17) is 4.42 Å². The predicted molar refractivity (Wildman–Crippen MR) is 347 cm³/mol. The number of benzene rings is 6. The van der Waals surface area contributed by atoms with Crippen LogP contribution in [0, 0.1) is 46.5 Å². The maximum Gasteiger partial charge on any atom is 0.192 e. The summed E-state index contributed by atoms with van der Waals surface area (Å²) in [5.41, 5.74) is 9.24. The molecule has 9 aromatic rings. The van der Waals surface area contributed by atoms with Gasteiger partial charge in [-0.15, -0.1) is 11.3 Å². The molecule has 11 rings (SSSR count). The smallest absolute Gasteiger partial charge is 0.192 e. The van der Waals surface area contributed by atoms with Gasteiger partial charge < -0.3 is 8.98 Å². The molecule has 6 aromatic carbocycles. The van der Waals surface area contributed by atoms with Crippen LogP contribution in [0.2, 0.25) is 0 Å². The Kier molecular flexibility index (Phi) is 46.5. The molecular weight excluding hydrogens is 945 g/mol. The van der Waals surface area contributed by atoms with Crippen LogP contribution < -0.4 is 0 Å². The van der Waals surface area contributed by atoms with Gasteiger partial charge in [-0.3, -0.25) is 0 Å². The molecule has 0 amide bonds. The summed E-state index contributed by atoms with van der Waals surface area (Å²) in [5, 5.41) is 3.82. The molecule has 414 valence electrons. The van der Waals surface area contributed by atoms with Crippen molar-refractivity contribution >= 4 is 54.5 Å². The third kappa shape index (κ3) is 27.8. The number of aryl methyl sites for hydroxylation is 6. The third-order valence-corrected chi connectivity index (χ3v) is 11.0. The van der Waals surface area contributed by atoms with Gasteiger partial charge in [0.1, 0.15) is 11.3 Å². The van der Waals surface area contributed by atoms with E-state index in [2.05, 4.69) is 150 Å². The van der Waals surface area contributed by atoms with Gasteiger partial charge in [-0.05, 0) is 87.4 Å². The van der Waals surface area contributed by atoms with Crippen molar-refractivity contribution in [2.45, 2.75) is 152 Å². The zero-order valence-electron chi connectivity index (χ0n) is 51.7. The summed E-state index contributed by atoms with van der Waals surface area (Å²) in [4.78, 5) is 12.9. The second-order valence-corrected chi connectivity index (χ2v) is 16.0. The van der Waals surface area contributed by atoms with Crippen LogP contribution in [0.5, 0.6) is 0 Å². The lowest BCUT2D eigenvalue weighted by Gasteiger charge is -2.21. The average Bonchev–Trinajstić information content (AvgIpc) is 4.18. The number of para-hydroxylation sites is 5. The van der Waals surface area contributed by atoms with Crippen molar-refractivity contribution in [3.05, 3.63) is 222 Å². The lowest BCUT2D eigenvalue weighted by atomic mass is 9.83. The number of hydrogen-bond acceptors (Lipinski definition) is 5. The minimum Gasteiger partial charge on any atom is -0.441 e. The molecule has 3 aromatic heterocycles. The molecular formula is C70H102N4OS. The highest BCUT2D eigenvalue weighted by Gasteiger charge is 2.15. The van der Waals surface area contributed by atoms with Gasteiger partial charge in [0.05, 0.1) is 26.3 Å². The van der Waals surface area contributed by atoms with E-state index in [0.717, 1.165) is 38.9 Å². The Hall–Kier alpha value is -6.63. The topological polar surface area (TPSA) is 56.7 Å². The molecule has 5 nitrogen and oxygen atoms in total. The van der Waals surface area contributed by atoms with Crippen LogP contribution in [-0.2, 0) is 7.05 Å². The summed E-state index contributed by atoms with van der Waals surface area (Å²) in [5.74, 6) is 3.01. The van der Waals surface area contributed by atoms with Crippen LogP contribution in [0.25, 0.3) is 43.1 Å². The van der Waals surface area contributed by atoms with Gasteiger partial charge in [-0.25, -0.2) is 15.0 Å². The highest BCUT2D eigenvalue weighted by atomic mass is 32.1. The molecule has 2 unspecified atom stereocenters. The number of thiazole rings is 1. The summed E-state index contributed by atoms with van der Waals surface area (Å²) in [6, 6.07) is 49.2. The molecule has 0 N–H and O–H groups in total. The van der Waals surface area contributed by atoms with E-state index in [9.17, 15) is 0 Å². The van der Waals surface area contributed by atoms with Crippen LogP contribution >= 0.6 is 11.3 Å². The van der Waals surface area contributed by atoms with Crippen LogP contribution in [0.3, 0.4) is 0 Å². The van der Waals surface area contributed by atoms with Crippen molar-refractivity contribution in [2.75, 3.05) is 0 Å². The van der Waals surface area contributed by atoms with E-state index >= 15 is 0 Å². The molecule has 0 spiro atoms. The maximum atomic E-state index is 5.26. The Morgan fingerprint density at radius 1 is 0.447 bits per heavy atom. The molecule has 0 saturated heterocycles. The molecule has 0 saturated carbocycles. The van der Waals surface area contributed by atoms with Crippen LogP contribution in [0.1, 0.15) is 146 Å². The lowest BCUT2D eigenvalue weighted by Crippen LogP contribution is -2.10. The van der Waals surface area contributed by atoms with E-state index in [1.54, 1.807) is 11.3 Å². The first-order valence-electron chi connectivity index (χ1n) is 28.3. The minimum absolute atomic E-state index is 0.615. The van der Waals surface area contributed by atoms with Crippen LogP contribution in [0.15, 0.2) is 198 Å². The highest BCUT2D eigenvalue weighted by Crippen LogP contribution is 2.27. The monoisotopic (exact) mass is 1050 g/mol. The number of oxazole rings is 1. The standard InChI is InChI=1S/C11H10.C11H12.C9H10N2.C8H7NO.C8H7NS.C7H8.8C2H6/c1-9-5-4-7-10-6-2-3-8-11(9)10;1-9-6-7-10-4-2-3-5-11(10)8-9;1-7-10-8-5-3-4-6-9(8)11(7)2;2*1-6-9-7-4-2-3-5-8(7)10-6;1-7-5-3-2-4-6-7;8*1-2/h2-8H,1H3;2-8,10-11H,1H3;3-6H,1-2H3;2*2-5H,1H3;2-6H,1H3;8*1-2H3. The van der Waals surface area contributed by atoms with Crippen molar-refractivity contribution in [3.63, 3.8) is 0 Å². The van der Waals surface area contributed by atoms with Gasteiger partial charge in [0.15, 0.2) is 11.5 Å². The average molecular weight is 1050 g/mol. The van der Waals surface area contributed by atoms with Crippen molar-refractivity contribution in [2.24, 2.45) is 18.9 Å². The molecule has 0 radical (unpaired) electrons. The van der Waals surface area contributed by atoms with E-state index in [0.29, 0.717) is 11.8 Å². The molecule has 76 heavy (non-hydrogen) atoms. The lowest BCUT2D eigenvalue weighted by molar-refractivity contribution is 0.561. The molecule has 6 heteroatoms. The Morgan fingerprint density at radius 3 is 1.50 bits per heavy atom. The first-order valence-corrected chi connectivity index (χ1v) is 29.2. The van der Waals surface area contributed by atoms with Crippen LogP contribution in [0.4, 0.5) is 0 Å². The van der Waals surface area contributed by atoms with Gasteiger partial charge in [0.2, 0.25) is 0 Å². The Bertz CT molecular complexity index is 2730. The normalized spacial score (nSPS) is 12.1. The molecule has 0 fully saturated rings. The Morgan fingerprint density at radius 2 is 0.947 bits per heavy atom. The van der Waals surface area contributed by atoms with Gasteiger partial charge in [-0.2, -0.15) is 0 Å². The van der Waals surface area contributed by atoms with E-state index < -0.39 is 0 Å². The first-order chi connectivity index (χ1) is 37.1. The van der Waals surface area contributed by atoms with Gasteiger partial charge in [0.25, 0.3) is 0 Å². The third-order valence-electron chi connectivity index (χ3n) is 10.0. The van der Waals surface area contributed by atoms with Crippen molar-refractivity contribution in [3.8, 4) is 0 Å². The van der Waals surface area contributed by atoms with Crippen molar-refractivity contribution < 1.29 is 4.42 Å². The van der Waals surface area contributed by atoms with E-state index in [1.165, 1.54) is 37.7 Å². The quantitative estimate of drug-likeness (QED) is 0.152. The number of allylic oxidation sites excluding steroid dienone is 8. The summed E-state index contributed by atoms with van der Waals surface area (Å²) < 4.78 is 8.63. The number of fused-ring (bicyclic) bond motifs is 5. The van der Waals surface area contributed by atoms with Gasteiger partial charge >= 0.3 is 0 Å². The fourth-order valence-electron chi connectivity index (χ4n) is 6.79. The maximum absolute atomic E-state index is 5.26. The molecule has 0 aliphatic heterocycles. The molecule has 0 bridgehead atoms. The molecule has 2 atom stereocenters. The molecule has 2 aliphatic carbocycles. The first kappa shape index (κ1) is 73.6. The van der Waals surface area contributed by atoms with Crippen molar-refractivity contribution in [1.29, 1.82) is 0 Å². The predicted octanol–water partition coefficient (Wildman–Crippen LogP) is 22.8. The Balaban J connectivity index is -0.000000801. The number of imidazole rings is 1. The van der Waals surface area contributed by atoms with E-state index in [-0.39, 0.29) is 0 Å². The second-order valence-electron chi connectivity index (χ2n) is 14.8.